The minimum atomic E-state index is -0.217. The van der Waals surface area contributed by atoms with Gasteiger partial charge in [-0.2, -0.15) is 0 Å². The summed E-state index contributed by atoms with van der Waals surface area (Å²) in [6.07, 6.45) is 7.27. The van der Waals surface area contributed by atoms with Crippen molar-refractivity contribution in [3.8, 4) is 0 Å². The molecule has 2 amide bonds. The van der Waals surface area contributed by atoms with Gasteiger partial charge in [0.1, 0.15) is 24.8 Å². The second-order valence-corrected chi connectivity index (χ2v) is 6.57. The molecule has 2 aromatic heterocycles. The molecular formula is C19H24N6O2+2. The fourth-order valence-corrected chi connectivity index (χ4v) is 3.08. The number of hydrogen-bond acceptors (Lipinski definition) is 2. The van der Waals surface area contributed by atoms with Gasteiger partial charge in [0, 0.05) is 11.4 Å². The fraction of sp³-hybridized carbons (Fsp3) is 0.263. The van der Waals surface area contributed by atoms with Crippen molar-refractivity contribution < 1.29 is 18.7 Å². The number of nitrogens with one attached hydrogen (secondary N) is 2. The van der Waals surface area contributed by atoms with Gasteiger partial charge in [0.25, 0.3) is 0 Å². The molecule has 8 heteroatoms. The Balaban J connectivity index is 1.84. The summed E-state index contributed by atoms with van der Waals surface area (Å²) in [5, 5.41) is 5.85. The van der Waals surface area contributed by atoms with E-state index in [-0.39, 0.29) is 11.8 Å². The summed E-state index contributed by atoms with van der Waals surface area (Å²) in [4.78, 5) is 25.3. The van der Waals surface area contributed by atoms with Crippen LogP contribution in [-0.2, 0) is 28.2 Å². The van der Waals surface area contributed by atoms with Gasteiger partial charge >= 0.3 is 23.5 Å². The van der Waals surface area contributed by atoms with Crippen molar-refractivity contribution in [3.05, 3.63) is 60.2 Å². The summed E-state index contributed by atoms with van der Waals surface area (Å²) in [5.41, 5.74) is 2.08. The molecule has 0 radical (unpaired) electrons. The molecule has 0 aliphatic heterocycles. The first-order valence-corrected chi connectivity index (χ1v) is 8.54. The Bertz CT molecular complexity index is 913. The Kier molecular flexibility index (Phi) is 4.81. The van der Waals surface area contributed by atoms with Gasteiger partial charge in [0.05, 0.1) is 28.2 Å². The van der Waals surface area contributed by atoms with Gasteiger partial charge in [-0.1, -0.05) is 6.07 Å². The van der Waals surface area contributed by atoms with Crippen LogP contribution in [-0.4, -0.2) is 20.9 Å². The van der Waals surface area contributed by atoms with E-state index in [1.54, 1.807) is 24.3 Å². The lowest BCUT2D eigenvalue weighted by Gasteiger charge is -2.12. The van der Waals surface area contributed by atoms with E-state index in [0.717, 1.165) is 5.56 Å². The van der Waals surface area contributed by atoms with Crippen molar-refractivity contribution >= 4 is 23.2 Å². The topological polar surface area (TPSA) is 75.8 Å². The van der Waals surface area contributed by atoms with Crippen LogP contribution in [0, 0.1) is 6.92 Å². The largest absolute Gasteiger partial charge is 0.347 e. The average molecular weight is 368 g/mol. The number of amides is 2. The molecule has 0 bridgehead atoms. The third-order valence-electron chi connectivity index (χ3n) is 4.60. The number of aryl methyl sites for hydroxylation is 4. The molecule has 0 unspecified atom stereocenters. The zero-order chi connectivity index (χ0) is 19.7. The quantitative estimate of drug-likeness (QED) is 0.669. The van der Waals surface area contributed by atoms with E-state index in [2.05, 4.69) is 10.6 Å². The van der Waals surface area contributed by atoms with Gasteiger partial charge in [-0.05, 0) is 24.6 Å². The smallest absolute Gasteiger partial charge is 0.315 e. The van der Waals surface area contributed by atoms with Gasteiger partial charge in [-0.25, -0.2) is 18.3 Å². The Morgan fingerprint density at radius 3 is 1.59 bits per heavy atom. The van der Waals surface area contributed by atoms with Crippen LogP contribution in [0.5, 0.6) is 0 Å². The lowest BCUT2D eigenvalue weighted by molar-refractivity contribution is -0.672. The summed E-state index contributed by atoms with van der Waals surface area (Å²) in [6.45, 7) is 1.86. The van der Waals surface area contributed by atoms with Crippen LogP contribution < -0.4 is 19.8 Å². The molecule has 3 rings (SSSR count). The van der Waals surface area contributed by atoms with Crippen molar-refractivity contribution in [2.24, 2.45) is 28.2 Å². The lowest BCUT2D eigenvalue weighted by atomic mass is 10.1. The predicted octanol–water partition coefficient (Wildman–Crippen LogP) is 0.826. The zero-order valence-corrected chi connectivity index (χ0v) is 16.1. The summed E-state index contributed by atoms with van der Waals surface area (Å²) >= 11 is 0. The van der Waals surface area contributed by atoms with Crippen LogP contribution in [0.25, 0.3) is 0 Å². The van der Waals surface area contributed by atoms with Crippen LogP contribution in [0.3, 0.4) is 0 Å². The monoisotopic (exact) mass is 368 g/mol. The highest BCUT2D eigenvalue weighted by Crippen LogP contribution is 2.24. The van der Waals surface area contributed by atoms with Crippen molar-refractivity contribution in [1.82, 2.24) is 9.13 Å². The molecule has 3 aromatic rings. The molecule has 140 valence electrons. The molecule has 0 aliphatic rings. The maximum Gasteiger partial charge on any atom is 0.347 e. The number of benzene rings is 1. The number of imidazole rings is 2. The summed E-state index contributed by atoms with van der Waals surface area (Å²) in [7, 11) is 7.27. The molecule has 0 fully saturated rings. The molecule has 1 aromatic carbocycles. The molecule has 8 nitrogen and oxygen atoms in total. The van der Waals surface area contributed by atoms with Crippen molar-refractivity contribution in [3.63, 3.8) is 0 Å². The van der Waals surface area contributed by atoms with Crippen LogP contribution in [0.1, 0.15) is 26.8 Å². The third kappa shape index (κ3) is 3.46. The van der Waals surface area contributed by atoms with E-state index in [1.807, 2.05) is 72.0 Å². The van der Waals surface area contributed by atoms with E-state index < -0.39 is 0 Å². The first-order chi connectivity index (χ1) is 12.8. The van der Waals surface area contributed by atoms with Gasteiger partial charge in [-0.3, -0.25) is 9.59 Å². The van der Waals surface area contributed by atoms with Gasteiger partial charge in [0.2, 0.25) is 0 Å². The SMILES string of the molecule is Cc1c(NC(=O)c2n(C)cc[n+]2C)cccc1NC(=O)c1n(C)cc[n+]1C. The highest BCUT2D eigenvalue weighted by Gasteiger charge is 2.24. The zero-order valence-electron chi connectivity index (χ0n) is 16.1. The van der Waals surface area contributed by atoms with Crippen molar-refractivity contribution in [2.45, 2.75) is 6.92 Å². The average Bonchev–Trinajstić information content (AvgIpc) is 3.12. The van der Waals surface area contributed by atoms with Crippen molar-refractivity contribution in [1.29, 1.82) is 0 Å². The molecule has 2 N–H and O–H groups in total. The van der Waals surface area contributed by atoms with E-state index in [0.29, 0.717) is 23.0 Å². The molecule has 0 saturated heterocycles. The standard InChI is InChI=1S/C19H22N6O2/c1-13-14(20-16(26)18-22(2)9-10-23(18)3)7-6-8-15(13)21-17(27)19-24(4)11-12-25(19)5/h6-12H,1-5H3/p+2. The molecular weight excluding hydrogens is 344 g/mol. The van der Waals surface area contributed by atoms with Gasteiger partial charge < -0.3 is 10.6 Å². The maximum absolute atomic E-state index is 12.6. The van der Waals surface area contributed by atoms with E-state index in [9.17, 15) is 9.59 Å². The number of aromatic nitrogens is 4. The third-order valence-corrected chi connectivity index (χ3v) is 4.60. The number of rotatable bonds is 4. The molecule has 0 aliphatic carbocycles. The van der Waals surface area contributed by atoms with E-state index >= 15 is 0 Å². The minimum Gasteiger partial charge on any atom is -0.315 e. The summed E-state index contributed by atoms with van der Waals surface area (Å²) in [6, 6.07) is 5.43. The van der Waals surface area contributed by atoms with E-state index in [1.165, 1.54) is 0 Å². The number of nitrogens with zero attached hydrogens (tertiary/aromatic N) is 4. The van der Waals surface area contributed by atoms with Crippen LogP contribution in [0.15, 0.2) is 43.0 Å². The van der Waals surface area contributed by atoms with Crippen LogP contribution in [0.4, 0.5) is 11.4 Å². The Morgan fingerprint density at radius 2 is 1.26 bits per heavy atom. The first-order valence-electron chi connectivity index (χ1n) is 8.54. The Morgan fingerprint density at radius 1 is 0.852 bits per heavy atom. The predicted molar refractivity (Wildman–Crippen MR) is 100 cm³/mol. The number of carbonyl (C=O) groups is 2. The number of hydrogen-bond donors (Lipinski definition) is 2. The lowest BCUT2D eigenvalue weighted by Crippen LogP contribution is -2.38. The normalized spacial score (nSPS) is 10.7. The summed E-state index contributed by atoms with van der Waals surface area (Å²) in [5.74, 6) is 0.621. The summed E-state index contributed by atoms with van der Waals surface area (Å²) < 4.78 is 7.02. The first kappa shape index (κ1) is 18.4. The molecule has 0 saturated carbocycles. The molecule has 0 spiro atoms. The molecule has 0 atom stereocenters. The minimum absolute atomic E-state index is 0.217. The highest BCUT2D eigenvalue weighted by molar-refractivity contribution is 6.04. The highest BCUT2D eigenvalue weighted by atomic mass is 16.2. The van der Waals surface area contributed by atoms with Crippen LogP contribution >= 0.6 is 0 Å². The van der Waals surface area contributed by atoms with Gasteiger partial charge in [0.15, 0.2) is 0 Å². The van der Waals surface area contributed by atoms with E-state index in [4.69, 9.17) is 0 Å². The van der Waals surface area contributed by atoms with Crippen LogP contribution in [0.2, 0.25) is 0 Å². The van der Waals surface area contributed by atoms with Gasteiger partial charge in [-0.15, -0.1) is 0 Å². The Labute approximate surface area is 157 Å². The Hall–Kier alpha value is -3.42. The number of anilines is 2. The fourth-order valence-electron chi connectivity index (χ4n) is 3.08. The maximum atomic E-state index is 12.6. The second-order valence-electron chi connectivity index (χ2n) is 6.57. The molecule has 2 heterocycles. The van der Waals surface area contributed by atoms with Crippen molar-refractivity contribution in [2.75, 3.05) is 10.6 Å². The number of carbonyl (C=O) groups excluding carboxylic acids is 2. The molecule has 27 heavy (non-hydrogen) atoms. The second kappa shape index (κ2) is 7.06.